The summed E-state index contributed by atoms with van der Waals surface area (Å²) in [7, 11) is 1.86. The average Bonchev–Trinajstić information content (AvgIpc) is 3.34. The van der Waals surface area contributed by atoms with Gasteiger partial charge in [0.05, 0.1) is 11.3 Å². The van der Waals surface area contributed by atoms with Crippen molar-refractivity contribution in [3.63, 3.8) is 0 Å². The molecular formula is C25H28N2O6S. The number of carbonyl (C=O) groups excluding carboxylic acids is 3. The maximum absolute atomic E-state index is 12.7. The van der Waals surface area contributed by atoms with E-state index in [4.69, 9.17) is 14.2 Å². The number of ether oxygens (including phenoxy) is 3. The third-order valence-corrected chi connectivity index (χ3v) is 7.02. The number of fused-ring (bicyclic) bond motifs is 1. The van der Waals surface area contributed by atoms with Crippen molar-refractivity contribution >= 4 is 35.2 Å². The quantitative estimate of drug-likeness (QED) is 0.445. The Kier molecular flexibility index (Phi) is 7.95. The van der Waals surface area contributed by atoms with E-state index in [0.717, 1.165) is 25.7 Å². The Hall–Kier alpha value is -3.20. The molecule has 0 radical (unpaired) electrons. The molecule has 0 atom stereocenters. The van der Waals surface area contributed by atoms with Gasteiger partial charge in [0.15, 0.2) is 18.1 Å². The van der Waals surface area contributed by atoms with Crippen molar-refractivity contribution in [2.24, 2.45) is 0 Å². The van der Waals surface area contributed by atoms with E-state index in [1.54, 1.807) is 42.5 Å². The molecule has 9 heteroatoms. The molecule has 2 aliphatic rings. The SMILES string of the molecule is CN(C(=O)CSc1ccccc1C(=O)OCC(=O)Nc1ccc2c(c1)OCO2)C1CCCCC1. The van der Waals surface area contributed by atoms with Crippen molar-refractivity contribution in [2.45, 2.75) is 43.0 Å². The first kappa shape index (κ1) is 23.9. The van der Waals surface area contributed by atoms with Gasteiger partial charge < -0.3 is 24.4 Å². The van der Waals surface area contributed by atoms with E-state index >= 15 is 0 Å². The molecule has 0 spiro atoms. The highest BCUT2D eigenvalue weighted by Crippen LogP contribution is 2.34. The molecule has 1 heterocycles. The van der Waals surface area contributed by atoms with Gasteiger partial charge in [-0.1, -0.05) is 31.4 Å². The van der Waals surface area contributed by atoms with Crippen LogP contribution in [0.4, 0.5) is 5.69 Å². The second kappa shape index (κ2) is 11.3. The molecule has 1 saturated carbocycles. The van der Waals surface area contributed by atoms with E-state index in [1.165, 1.54) is 18.2 Å². The van der Waals surface area contributed by atoms with Crippen LogP contribution in [-0.2, 0) is 14.3 Å². The van der Waals surface area contributed by atoms with E-state index in [-0.39, 0.29) is 18.5 Å². The normalized spacial score (nSPS) is 15.0. The molecule has 0 unspecified atom stereocenters. The zero-order chi connectivity index (χ0) is 23.9. The fourth-order valence-corrected chi connectivity index (χ4v) is 5.02. The number of amides is 2. The number of nitrogens with zero attached hydrogens (tertiary/aromatic N) is 1. The second-order valence-corrected chi connectivity index (χ2v) is 9.29. The molecule has 180 valence electrons. The van der Waals surface area contributed by atoms with Crippen molar-refractivity contribution in [1.82, 2.24) is 4.90 Å². The van der Waals surface area contributed by atoms with Crippen molar-refractivity contribution in [1.29, 1.82) is 0 Å². The van der Waals surface area contributed by atoms with Gasteiger partial charge in [0.1, 0.15) is 0 Å². The van der Waals surface area contributed by atoms with Gasteiger partial charge in [-0.25, -0.2) is 4.79 Å². The molecule has 0 bridgehead atoms. The van der Waals surface area contributed by atoms with E-state index < -0.39 is 18.5 Å². The van der Waals surface area contributed by atoms with Gasteiger partial charge in [-0.2, -0.15) is 0 Å². The van der Waals surface area contributed by atoms with Crippen molar-refractivity contribution in [3.05, 3.63) is 48.0 Å². The summed E-state index contributed by atoms with van der Waals surface area (Å²) in [6, 6.07) is 12.3. The zero-order valence-electron chi connectivity index (χ0n) is 19.1. The number of hydrogen-bond donors (Lipinski definition) is 1. The van der Waals surface area contributed by atoms with Gasteiger partial charge in [0.25, 0.3) is 5.91 Å². The third kappa shape index (κ3) is 6.02. The zero-order valence-corrected chi connectivity index (χ0v) is 19.9. The van der Waals surface area contributed by atoms with E-state index in [9.17, 15) is 14.4 Å². The first-order valence-corrected chi connectivity index (χ1v) is 12.3. The molecule has 2 aromatic rings. The molecule has 0 aromatic heterocycles. The highest BCUT2D eigenvalue weighted by molar-refractivity contribution is 8.00. The standard InChI is InChI=1S/C25H28N2O6S/c1-27(18-7-3-2-4-8-18)24(29)15-34-22-10-6-5-9-19(22)25(30)31-14-23(28)26-17-11-12-20-21(13-17)33-16-32-20/h5-6,9-13,18H,2-4,7-8,14-16H2,1H3,(H,26,28). The number of rotatable bonds is 8. The largest absolute Gasteiger partial charge is 0.454 e. The summed E-state index contributed by atoms with van der Waals surface area (Å²) in [6.45, 7) is -0.292. The fraction of sp³-hybridized carbons (Fsp3) is 0.400. The van der Waals surface area contributed by atoms with Crippen LogP contribution in [0, 0.1) is 0 Å². The van der Waals surface area contributed by atoms with Gasteiger partial charge in [-0.05, 0) is 37.1 Å². The third-order valence-electron chi connectivity index (χ3n) is 5.96. The summed E-state index contributed by atoms with van der Waals surface area (Å²) in [4.78, 5) is 40.1. The van der Waals surface area contributed by atoms with Crippen LogP contribution in [0.15, 0.2) is 47.4 Å². The van der Waals surface area contributed by atoms with Crippen molar-refractivity contribution in [3.8, 4) is 11.5 Å². The Bertz CT molecular complexity index is 1050. The van der Waals surface area contributed by atoms with Gasteiger partial charge in [-0.3, -0.25) is 9.59 Å². The van der Waals surface area contributed by atoms with Gasteiger partial charge in [-0.15, -0.1) is 11.8 Å². The van der Waals surface area contributed by atoms with Crippen LogP contribution in [0.5, 0.6) is 11.5 Å². The number of nitrogens with one attached hydrogen (secondary N) is 1. The lowest BCUT2D eigenvalue weighted by molar-refractivity contribution is -0.129. The highest BCUT2D eigenvalue weighted by atomic mass is 32.2. The maximum Gasteiger partial charge on any atom is 0.339 e. The van der Waals surface area contributed by atoms with Crippen LogP contribution in [0.2, 0.25) is 0 Å². The van der Waals surface area contributed by atoms with Crippen LogP contribution in [0.25, 0.3) is 0 Å². The molecule has 2 aromatic carbocycles. The van der Waals surface area contributed by atoms with E-state index in [1.807, 2.05) is 11.9 Å². The van der Waals surface area contributed by atoms with Crippen molar-refractivity contribution < 1.29 is 28.6 Å². The van der Waals surface area contributed by atoms with Crippen LogP contribution >= 0.6 is 11.8 Å². The monoisotopic (exact) mass is 484 g/mol. The smallest absolute Gasteiger partial charge is 0.339 e. The number of anilines is 1. The fourth-order valence-electron chi connectivity index (χ4n) is 4.05. The number of benzene rings is 2. The van der Waals surface area contributed by atoms with Gasteiger partial charge >= 0.3 is 5.97 Å². The lowest BCUT2D eigenvalue weighted by Crippen LogP contribution is -2.39. The Morgan fingerprint density at radius 1 is 1.06 bits per heavy atom. The Morgan fingerprint density at radius 2 is 1.82 bits per heavy atom. The summed E-state index contributed by atoms with van der Waals surface area (Å²) in [6.07, 6.45) is 5.64. The number of carbonyl (C=O) groups is 3. The van der Waals surface area contributed by atoms with Gasteiger partial charge in [0, 0.05) is 29.7 Å². The Labute approximate surface area is 202 Å². The van der Waals surface area contributed by atoms with Crippen LogP contribution in [0.3, 0.4) is 0 Å². The first-order chi connectivity index (χ1) is 16.5. The summed E-state index contributed by atoms with van der Waals surface area (Å²) in [5, 5.41) is 2.67. The number of hydrogen-bond acceptors (Lipinski definition) is 7. The lowest BCUT2D eigenvalue weighted by atomic mass is 9.94. The molecule has 1 aliphatic carbocycles. The molecule has 2 amide bonds. The lowest BCUT2D eigenvalue weighted by Gasteiger charge is -2.31. The molecule has 8 nitrogen and oxygen atoms in total. The summed E-state index contributed by atoms with van der Waals surface area (Å²) >= 11 is 1.31. The number of thioether (sulfide) groups is 1. The minimum Gasteiger partial charge on any atom is -0.454 e. The molecule has 1 fully saturated rings. The van der Waals surface area contributed by atoms with Crippen molar-refractivity contribution in [2.75, 3.05) is 31.5 Å². The van der Waals surface area contributed by atoms with Crippen LogP contribution in [-0.4, -0.2) is 54.9 Å². The molecule has 34 heavy (non-hydrogen) atoms. The molecular weight excluding hydrogens is 456 g/mol. The summed E-state index contributed by atoms with van der Waals surface area (Å²) in [5.74, 6) is 0.357. The minimum absolute atomic E-state index is 0.0446. The highest BCUT2D eigenvalue weighted by Gasteiger charge is 2.23. The van der Waals surface area contributed by atoms with E-state index in [0.29, 0.717) is 33.7 Å². The van der Waals surface area contributed by atoms with Crippen LogP contribution < -0.4 is 14.8 Å². The maximum atomic E-state index is 12.7. The summed E-state index contributed by atoms with van der Waals surface area (Å²) < 4.78 is 15.8. The summed E-state index contributed by atoms with van der Waals surface area (Å²) in [5.41, 5.74) is 0.846. The molecule has 4 rings (SSSR count). The van der Waals surface area contributed by atoms with E-state index in [2.05, 4.69) is 5.32 Å². The topological polar surface area (TPSA) is 94.2 Å². The minimum atomic E-state index is -0.614. The predicted molar refractivity (Wildman–Crippen MR) is 128 cm³/mol. The molecule has 1 aliphatic heterocycles. The average molecular weight is 485 g/mol. The second-order valence-electron chi connectivity index (χ2n) is 8.27. The molecule has 0 saturated heterocycles. The van der Waals surface area contributed by atoms with Gasteiger partial charge in [0.2, 0.25) is 12.7 Å². The Balaban J connectivity index is 1.28. The Morgan fingerprint density at radius 3 is 2.65 bits per heavy atom. The first-order valence-electron chi connectivity index (χ1n) is 11.4. The predicted octanol–water partition coefficient (Wildman–Crippen LogP) is 4.09. The van der Waals surface area contributed by atoms with Crippen LogP contribution in [0.1, 0.15) is 42.5 Å². The number of esters is 1. The molecule has 1 N–H and O–H groups in total.